The topological polar surface area (TPSA) is 81.7 Å². The van der Waals surface area contributed by atoms with Gasteiger partial charge < -0.3 is 4.90 Å². The van der Waals surface area contributed by atoms with Crippen LogP contribution >= 0.6 is 0 Å². The summed E-state index contributed by atoms with van der Waals surface area (Å²) in [6, 6.07) is 7.15. The molecule has 1 fully saturated rings. The molecule has 11 heteroatoms. The Balaban J connectivity index is 1.39. The van der Waals surface area contributed by atoms with E-state index in [9.17, 15) is 18.0 Å². The minimum absolute atomic E-state index is 0.183. The third-order valence-electron chi connectivity index (χ3n) is 4.90. The Morgan fingerprint density at radius 2 is 1.79 bits per heavy atom. The van der Waals surface area contributed by atoms with Gasteiger partial charge in [-0.2, -0.15) is 18.3 Å². The molecule has 0 aromatic carbocycles. The van der Waals surface area contributed by atoms with Crippen LogP contribution in [0.4, 0.5) is 19.0 Å². The van der Waals surface area contributed by atoms with Gasteiger partial charge in [-0.05, 0) is 43.0 Å². The Labute approximate surface area is 163 Å². The first-order chi connectivity index (χ1) is 13.9. The summed E-state index contributed by atoms with van der Waals surface area (Å²) in [6.45, 7) is 1.72. The summed E-state index contributed by atoms with van der Waals surface area (Å²) in [5, 5.41) is 15.5. The minimum Gasteiger partial charge on any atom is -0.355 e. The van der Waals surface area contributed by atoms with E-state index in [-0.39, 0.29) is 11.5 Å². The van der Waals surface area contributed by atoms with E-state index >= 15 is 0 Å². The van der Waals surface area contributed by atoms with Gasteiger partial charge in [0.1, 0.15) is 0 Å². The van der Waals surface area contributed by atoms with Crippen LogP contribution in [0.5, 0.6) is 0 Å². The van der Waals surface area contributed by atoms with Crippen LogP contribution in [0.25, 0.3) is 5.82 Å². The second-order valence-electron chi connectivity index (χ2n) is 6.87. The smallest absolute Gasteiger partial charge is 0.355 e. The number of piperidine rings is 1. The summed E-state index contributed by atoms with van der Waals surface area (Å²) >= 11 is 0. The molecule has 0 N–H and O–H groups in total. The molecule has 0 unspecified atom stereocenters. The molecule has 3 aromatic rings. The summed E-state index contributed by atoms with van der Waals surface area (Å²) in [7, 11) is 0. The van der Waals surface area contributed by atoms with E-state index < -0.39 is 11.9 Å². The highest BCUT2D eigenvalue weighted by atomic mass is 19.4. The van der Waals surface area contributed by atoms with Crippen molar-refractivity contribution in [2.45, 2.75) is 25.6 Å². The molecular weight excluding hydrogens is 387 g/mol. The highest BCUT2D eigenvalue weighted by Gasteiger charge is 2.33. The molecule has 0 bridgehead atoms. The lowest BCUT2D eigenvalue weighted by Crippen LogP contribution is -2.37. The Kier molecular flexibility index (Phi) is 5.03. The summed E-state index contributed by atoms with van der Waals surface area (Å²) < 4.78 is 40.9. The van der Waals surface area contributed by atoms with Crippen LogP contribution in [0.1, 0.15) is 18.5 Å². The third kappa shape index (κ3) is 4.28. The Morgan fingerprint density at radius 1 is 1.03 bits per heavy atom. The van der Waals surface area contributed by atoms with Gasteiger partial charge in [0, 0.05) is 38.1 Å². The lowest BCUT2D eigenvalue weighted by Gasteiger charge is -2.32. The van der Waals surface area contributed by atoms with Crippen molar-refractivity contribution >= 4 is 5.82 Å². The summed E-state index contributed by atoms with van der Waals surface area (Å²) in [5.41, 5.74) is -1.18. The molecule has 0 spiro atoms. The Hall–Kier alpha value is -3.24. The highest BCUT2D eigenvalue weighted by molar-refractivity contribution is 5.38. The van der Waals surface area contributed by atoms with Crippen molar-refractivity contribution in [3.8, 4) is 5.82 Å². The first-order valence-corrected chi connectivity index (χ1v) is 9.14. The lowest BCUT2D eigenvalue weighted by atomic mass is 9.97. The molecule has 1 aliphatic heterocycles. The number of halogens is 3. The van der Waals surface area contributed by atoms with E-state index in [0.29, 0.717) is 31.3 Å². The van der Waals surface area contributed by atoms with Gasteiger partial charge in [-0.25, -0.2) is 9.36 Å². The van der Waals surface area contributed by atoms with Crippen LogP contribution in [0, 0.1) is 5.92 Å². The zero-order valence-electron chi connectivity index (χ0n) is 15.3. The van der Waals surface area contributed by atoms with Gasteiger partial charge in [0.2, 0.25) is 0 Å². The van der Waals surface area contributed by atoms with E-state index in [1.807, 2.05) is 4.90 Å². The highest BCUT2D eigenvalue weighted by Crippen LogP contribution is 2.28. The fourth-order valence-corrected chi connectivity index (χ4v) is 3.33. The molecule has 0 aliphatic carbocycles. The quantitative estimate of drug-likeness (QED) is 0.662. The molecule has 3 aromatic heterocycles. The summed E-state index contributed by atoms with van der Waals surface area (Å²) in [6.07, 6.45) is 0.423. The predicted molar refractivity (Wildman–Crippen MR) is 97.6 cm³/mol. The van der Waals surface area contributed by atoms with Crippen LogP contribution in [0.15, 0.2) is 47.5 Å². The lowest BCUT2D eigenvalue weighted by molar-refractivity contribution is -0.141. The van der Waals surface area contributed by atoms with Crippen molar-refractivity contribution < 1.29 is 13.2 Å². The molecule has 29 heavy (non-hydrogen) atoms. The number of nitrogens with zero attached hydrogens (tertiary/aromatic N) is 7. The van der Waals surface area contributed by atoms with Gasteiger partial charge in [0.25, 0.3) is 5.56 Å². The average molecular weight is 405 g/mol. The maximum absolute atomic E-state index is 12.6. The third-order valence-corrected chi connectivity index (χ3v) is 4.90. The van der Waals surface area contributed by atoms with Crippen LogP contribution in [0.3, 0.4) is 0 Å². The van der Waals surface area contributed by atoms with Crippen molar-refractivity contribution in [2.75, 3.05) is 18.0 Å². The monoisotopic (exact) mass is 405 g/mol. The fourth-order valence-electron chi connectivity index (χ4n) is 3.33. The number of alkyl halides is 3. The first kappa shape index (κ1) is 19.1. The molecular formula is C18H18F3N7O. The Bertz CT molecular complexity index is 1010. The molecule has 0 radical (unpaired) electrons. The van der Waals surface area contributed by atoms with Crippen LogP contribution in [-0.2, 0) is 12.7 Å². The van der Waals surface area contributed by atoms with Crippen molar-refractivity contribution in [3.63, 3.8) is 0 Å². The van der Waals surface area contributed by atoms with Crippen molar-refractivity contribution in [2.24, 2.45) is 5.92 Å². The van der Waals surface area contributed by atoms with E-state index in [4.69, 9.17) is 0 Å². The maximum atomic E-state index is 12.6. The number of hydrogen-bond donors (Lipinski definition) is 0. The normalized spacial score (nSPS) is 15.6. The number of hydrogen-bond acceptors (Lipinski definition) is 6. The van der Waals surface area contributed by atoms with Crippen LogP contribution in [0.2, 0.25) is 0 Å². The van der Waals surface area contributed by atoms with Gasteiger partial charge >= 0.3 is 6.18 Å². The van der Waals surface area contributed by atoms with Gasteiger partial charge in [-0.15, -0.1) is 15.3 Å². The molecule has 1 aliphatic rings. The van der Waals surface area contributed by atoms with Gasteiger partial charge in [-0.1, -0.05) is 0 Å². The molecule has 0 amide bonds. The van der Waals surface area contributed by atoms with Crippen molar-refractivity contribution in [1.82, 2.24) is 29.8 Å². The van der Waals surface area contributed by atoms with E-state index in [1.54, 1.807) is 29.2 Å². The van der Waals surface area contributed by atoms with Crippen LogP contribution < -0.4 is 10.5 Å². The molecule has 4 heterocycles. The minimum atomic E-state index is -4.50. The predicted octanol–water partition coefficient (Wildman–Crippen LogP) is 2.15. The van der Waals surface area contributed by atoms with Gasteiger partial charge in [0.05, 0.1) is 0 Å². The Morgan fingerprint density at radius 3 is 2.41 bits per heavy atom. The zero-order chi connectivity index (χ0) is 20.4. The standard InChI is InChI=1S/C18H18F3N7O/c19-18(20,21)14-2-3-15(24-23-14)26-10-6-13(7-11-26)12-28-17(29)5-4-16(25-28)27-9-1-8-22-27/h1-5,8-9,13H,6-7,10-12H2. The van der Waals surface area contributed by atoms with Crippen molar-refractivity contribution in [3.05, 3.63) is 58.8 Å². The zero-order valence-corrected chi connectivity index (χ0v) is 15.3. The first-order valence-electron chi connectivity index (χ1n) is 9.14. The number of anilines is 1. The van der Waals surface area contributed by atoms with Crippen molar-refractivity contribution in [1.29, 1.82) is 0 Å². The van der Waals surface area contributed by atoms with E-state index in [2.05, 4.69) is 20.4 Å². The molecule has 1 saturated heterocycles. The number of rotatable bonds is 4. The van der Waals surface area contributed by atoms with Gasteiger partial charge in [-0.3, -0.25) is 4.79 Å². The molecule has 8 nitrogen and oxygen atoms in total. The van der Waals surface area contributed by atoms with E-state index in [1.165, 1.54) is 16.8 Å². The average Bonchev–Trinajstić information content (AvgIpc) is 3.25. The number of aromatic nitrogens is 6. The second kappa shape index (κ2) is 7.64. The largest absolute Gasteiger partial charge is 0.435 e. The SMILES string of the molecule is O=c1ccc(-n2cccn2)nn1CC1CCN(c2ccc(C(F)(F)F)nn2)CC1. The summed E-state index contributed by atoms with van der Waals surface area (Å²) in [4.78, 5) is 14.1. The molecule has 152 valence electrons. The van der Waals surface area contributed by atoms with Crippen LogP contribution in [-0.4, -0.2) is 42.8 Å². The summed E-state index contributed by atoms with van der Waals surface area (Å²) in [5.74, 6) is 1.21. The maximum Gasteiger partial charge on any atom is 0.435 e. The van der Waals surface area contributed by atoms with Gasteiger partial charge in [0.15, 0.2) is 17.3 Å². The second-order valence-corrected chi connectivity index (χ2v) is 6.87. The molecule has 0 atom stereocenters. The fraction of sp³-hybridized carbons (Fsp3) is 0.389. The molecule has 0 saturated carbocycles. The molecule has 4 rings (SSSR count). The van der Waals surface area contributed by atoms with E-state index in [0.717, 1.165) is 18.9 Å².